The van der Waals surface area contributed by atoms with Crippen molar-refractivity contribution in [3.05, 3.63) is 70.7 Å². The molecule has 0 aliphatic heterocycles. The molecular weight excluding hydrogens is 459 g/mol. The molecule has 3 aromatic rings. The van der Waals surface area contributed by atoms with Gasteiger partial charge in [0.2, 0.25) is 5.88 Å². The summed E-state index contributed by atoms with van der Waals surface area (Å²) in [7, 11) is 0. The SMILES string of the molecule is CCC=C(N=O)C(C)(C)COc1ccc(-c2ccc(-c3ncc(C(F)(F)F)[nH]3)c(F)c2F)cn1. The molecule has 0 aliphatic carbocycles. The second-order valence-electron chi connectivity index (χ2n) is 8.08. The van der Waals surface area contributed by atoms with Crippen LogP contribution in [-0.2, 0) is 6.18 Å². The fourth-order valence-corrected chi connectivity index (χ4v) is 3.14. The number of ether oxygens (including phenoxy) is 1. The van der Waals surface area contributed by atoms with E-state index in [1.165, 1.54) is 24.4 Å². The average molecular weight is 480 g/mol. The topological polar surface area (TPSA) is 80.2 Å². The number of benzene rings is 1. The molecule has 0 saturated carbocycles. The van der Waals surface area contributed by atoms with Crippen LogP contribution in [0.4, 0.5) is 22.0 Å². The van der Waals surface area contributed by atoms with E-state index in [0.29, 0.717) is 18.3 Å². The van der Waals surface area contributed by atoms with Crippen molar-refractivity contribution < 1.29 is 26.7 Å². The third-order valence-corrected chi connectivity index (χ3v) is 5.04. The number of rotatable bonds is 8. The molecule has 3 rings (SSSR count). The molecule has 0 aliphatic rings. The molecule has 0 radical (unpaired) electrons. The summed E-state index contributed by atoms with van der Waals surface area (Å²) in [5.74, 6) is -2.85. The van der Waals surface area contributed by atoms with E-state index in [2.05, 4.69) is 15.1 Å². The Labute approximate surface area is 191 Å². The predicted molar refractivity (Wildman–Crippen MR) is 116 cm³/mol. The number of hydrogen-bond donors (Lipinski definition) is 1. The summed E-state index contributed by atoms with van der Waals surface area (Å²) in [6.07, 6.45) is -0.559. The smallest absolute Gasteiger partial charge is 0.432 e. The molecule has 11 heteroatoms. The lowest BCUT2D eigenvalue weighted by Gasteiger charge is -2.23. The summed E-state index contributed by atoms with van der Waals surface area (Å²) in [5.41, 5.74) is -1.83. The zero-order valence-corrected chi connectivity index (χ0v) is 18.5. The van der Waals surface area contributed by atoms with Crippen molar-refractivity contribution >= 4 is 0 Å². The van der Waals surface area contributed by atoms with Crippen molar-refractivity contribution in [1.29, 1.82) is 0 Å². The number of allylic oxidation sites excluding steroid dienone is 1. The molecule has 0 spiro atoms. The summed E-state index contributed by atoms with van der Waals surface area (Å²) in [6.45, 7) is 5.57. The number of nitrogens with zero attached hydrogens (tertiary/aromatic N) is 3. The van der Waals surface area contributed by atoms with Gasteiger partial charge in [-0.2, -0.15) is 13.2 Å². The monoisotopic (exact) mass is 480 g/mol. The lowest BCUT2D eigenvalue weighted by atomic mass is 9.90. The number of imidazole rings is 1. The summed E-state index contributed by atoms with van der Waals surface area (Å²) in [4.78, 5) is 20.6. The highest BCUT2D eigenvalue weighted by Crippen LogP contribution is 2.34. The standard InChI is InChI=1S/C23H21F5N4O2/c1-4-5-16(32-33)22(2,3)12-34-18-9-6-13(10-29-18)14-7-8-15(20(25)19(14)24)21-30-11-17(31-21)23(26,27)28/h5-11H,4,12H2,1-3H3,(H,30,31). The summed E-state index contributed by atoms with van der Waals surface area (Å²) in [6, 6.07) is 5.27. The molecule has 0 fully saturated rings. The largest absolute Gasteiger partial charge is 0.477 e. The highest BCUT2D eigenvalue weighted by molar-refractivity contribution is 5.69. The maximum Gasteiger partial charge on any atom is 0.432 e. The zero-order chi connectivity index (χ0) is 25.1. The van der Waals surface area contributed by atoms with Gasteiger partial charge in [0.15, 0.2) is 11.6 Å². The van der Waals surface area contributed by atoms with Crippen LogP contribution in [0.3, 0.4) is 0 Å². The van der Waals surface area contributed by atoms with E-state index in [1.54, 1.807) is 19.9 Å². The molecule has 1 N–H and O–H groups in total. The second-order valence-corrected chi connectivity index (χ2v) is 8.08. The number of alkyl halides is 3. The molecule has 0 saturated heterocycles. The Kier molecular flexibility index (Phi) is 7.13. The number of H-pyrrole nitrogens is 1. The summed E-state index contributed by atoms with van der Waals surface area (Å²) >= 11 is 0. The van der Waals surface area contributed by atoms with E-state index in [-0.39, 0.29) is 23.6 Å². The minimum Gasteiger partial charge on any atom is -0.477 e. The fraction of sp³-hybridized carbons (Fsp3) is 0.304. The fourth-order valence-electron chi connectivity index (χ4n) is 3.14. The third-order valence-electron chi connectivity index (χ3n) is 5.04. The van der Waals surface area contributed by atoms with Gasteiger partial charge >= 0.3 is 6.18 Å². The first-order chi connectivity index (χ1) is 16.0. The number of pyridine rings is 1. The number of aromatic amines is 1. The lowest BCUT2D eigenvalue weighted by Crippen LogP contribution is -2.23. The van der Waals surface area contributed by atoms with Crippen LogP contribution in [0.2, 0.25) is 0 Å². The highest BCUT2D eigenvalue weighted by atomic mass is 19.4. The van der Waals surface area contributed by atoms with Crippen molar-refractivity contribution in [2.75, 3.05) is 6.61 Å². The van der Waals surface area contributed by atoms with Crippen molar-refractivity contribution in [2.45, 2.75) is 33.4 Å². The van der Waals surface area contributed by atoms with Crippen LogP contribution in [0.25, 0.3) is 22.5 Å². The molecule has 0 bridgehead atoms. The van der Waals surface area contributed by atoms with Crippen LogP contribution < -0.4 is 4.74 Å². The van der Waals surface area contributed by atoms with E-state index < -0.39 is 40.3 Å². The molecule has 0 unspecified atom stereocenters. The predicted octanol–water partition coefficient (Wildman–Crippen LogP) is 6.90. The minimum absolute atomic E-state index is 0.109. The maximum absolute atomic E-state index is 14.7. The van der Waals surface area contributed by atoms with Gasteiger partial charge in [0.1, 0.15) is 18.1 Å². The van der Waals surface area contributed by atoms with Crippen LogP contribution >= 0.6 is 0 Å². The Bertz CT molecular complexity index is 1200. The van der Waals surface area contributed by atoms with Crippen LogP contribution in [-0.4, -0.2) is 21.6 Å². The second kappa shape index (κ2) is 9.70. The van der Waals surface area contributed by atoms with Gasteiger partial charge in [-0.3, -0.25) is 0 Å². The Morgan fingerprint density at radius 3 is 2.29 bits per heavy atom. The van der Waals surface area contributed by atoms with Gasteiger partial charge < -0.3 is 9.72 Å². The van der Waals surface area contributed by atoms with Crippen molar-refractivity contribution in [1.82, 2.24) is 15.0 Å². The zero-order valence-electron chi connectivity index (χ0n) is 18.5. The van der Waals surface area contributed by atoms with Crippen molar-refractivity contribution in [3.8, 4) is 28.4 Å². The van der Waals surface area contributed by atoms with E-state index in [0.717, 1.165) is 6.07 Å². The molecule has 180 valence electrons. The number of halogens is 5. The van der Waals surface area contributed by atoms with Gasteiger partial charge in [-0.25, -0.2) is 18.7 Å². The maximum atomic E-state index is 14.7. The van der Waals surface area contributed by atoms with Gasteiger partial charge in [-0.15, -0.1) is 4.91 Å². The van der Waals surface area contributed by atoms with Crippen LogP contribution in [0, 0.1) is 22.0 Å². The van der Waals surface area contributed by atoms with E-state index >= 15 is 0 Å². The summed E-state index contributed by atoms with van der Waals surface area (Å²) in [5, 5.41) is 3.05. The molecule has 0 atom stereocenters. The molecule has 6 nitrogen and oxygen atoms in total. The average Bonchev–Trinajstić information content (AvgIpc) is 3.29. The third kappa shape index (κ3) is 5.29. The van der Waals surface area contributed by atoms with E-state index in [9.17, 15) is 26.9 Å². The first-order valence-electron chi connectivity index (χ1n) is 10.2. The molecule has 2 aromatic heterocycles. The van der Waals surface area contributed by atoms with Gasteiger partial charge in [0, 0.05) is 28.8 Å². The van der Waals surface area contributed by atoms with Gasteiger partial charge in [-0.1, -0.05) is 32.9 Å². The van der Waals surface area contributed by atoms with Crippen LogP contribution in [0.5, 0.6) is 5.88 Å². The summed E-state index contributed by atoms with van der Waals surface area (Å²) < 4.78 is 73.3. The Balaban J connectivity index is 1.79. The number of hydrogen-bond acceptors (Lipinski definition) is 5. The van der Waals surface area contributed by atoms with Gasteiger partial charge in [0.25, 0.3) is 0 Å². The van der Waals surface area contributed by atoms with Crippen molar-refractivity contribution in [3.63, 3.8) is 0 Å². The number of nitrogens with one attached hydrogen (secondary N) is 1. The molecule has 1 aromatic carbocycles. The highest BCUT2D eigenvalue weighted by Gasteiger charge is 2.33. The van der Waals surface area contributed by atoms with Crippen LogP contribution in [0.1, 0.15) is 32.9 Å². The Morgan fingerprint density at radius 2 is 1.74 bits per heavy atom. The normalized spacial score (nSPS) is 12.6. The molecular formula is C23H21F5N4O2. The lowest BCUT2D eigenvalue weighted by molar-refractivity contribution is -0.140. The Morgan fingerprint density at radius 1 is 1.06 bits per heavy atom. The first kappa shape index (κ1) is 25.0. The molecule has 0 amide bonds. The van der Waals surface area contributed by atoms with Crippen LogP contribution in [0.15, 0.2) is 53.6 Å². The van der Waals surface area contributed by atoms with Gasteiger partial charge in [0.05, 0.1) is 17.5 Å². The van der Waals surface area contributed by atoms with E-state index in [4.69, 9.17) is 4.74 Å². The van der Waals surface area contributed by atoms with E-state index in [1.807, 2.05) is 11.9 Å². The molecule has 34 heavy (non-hydrogen) atoms. The van der Waals surface area contributed by atoms with Gasteiger partial charge in [-0.05, 0) is 23.7 Å². The number of aromatic nitrogens is 3. The Hall–Kier alpha value is -3.63. The van der Waals surface area contributed by atoms with Crippen molar-refractivity contribution in [2.24, 2.45) is 10.6 Å². The quantitative estimate of drug-likeness (QED) is 0.281. The minimum atomic E-state index is -4.69. The molecule has 2 heterocycles. The number of nitroso groups, excluding NO2 is 1. The first-order valence-corrected chi connectivity index (χ1v) is 10.2.